The van der Waals surface area contributed by atoms with E-state index in [9.17, 15) is 0 Å². The van der Waals surface area contributed by atoms with Gasteiger partial charge in [0.15, 0.2) is 5.96 Å². The van der Waals surface area contributed by atoms with E-state index in [1.807, 2.05) is 18.2 Å². The molecule has 1 fully saturated rings. The fourth-order valence-electron chi connectivity index (χ4n) is 3.50. The lowest BCUT2D eigenvalue weighted by Gasteiger charge is -2.37. The van der Waals surface area contributed by atoms with Crippen LogP contribution in [0.25, 0.3) is 0 Å². The Morgan fingerprint density at radius 3 is 2.75 bits per heavy atom. The van der Waals surface area contributed by atoms with Gasteiger partial charge in [-0.25, -0.2) is 0 Å². The van der Waals surface area contributed by atoms with E-state index in [1.54, 1.807) is 14.2 Å². The van der Waals surface area contributed by atoms with E-state index < -0.39 is 0 Å². The van der Waals surface area contributed by atoms with Gasteiger partial charge < -0.3 is 24.8 Å². The molecule has 0 spiro atoms. The molecule has 1 aromatic carbocycles. The molecule has 0 radical (unpaired) electrons. The van der Waals surface area contributed by atoms with Gasteiger partial charge in [-0.05, 0) is 45.9 Å². The van der Waals surface area contributed by atoms with Crippen molar-refractivity contribution < 1.29 is 14.2 Å². The third kappa shape index (κ3) is 6.01. The highest BCUT2D eigenvalue weighted by atomic mass is 16.5. The Kier molecular flexibility index (Phi) is 8.86. The minimum atomic E-state index is 0.0143. The second-order valence-electron chi connectivity index (χ2n) is 7.20. The fourth-order valence-corrected chi connectivity index (χ4v) is 3.50. The van der Waals surface area contributed by atoms with E-state index in [-0.39, 0.29) is 6.04 Å². The monoisotopic (exact) mass is 392 g/mol. The van der Waals surface area contributed by atoms with Gasteiger partial charge in [-0.3, -0.25) is 9.89 Å². The van der Waals surface area contributed by atoms with Crippen LogP contribution in [-0.2, 0) is 4.74 Å². The van der Waals surface area contributed by atoms with Crippen LogP contribution in [0, 0.1) is 0 Å². The van der Waals surface area contributed by atoms with Crippen molar-refractivity contribution in [3.8, 4) is 11.5 Å². The lowest BCUT2D eigenvalue weighted by Crippen LogP contribution is -2.49. The first-order chi connectivity index (χ1) is 13.5. The standard InChI is InChI=1S/C21H36N4O3/c1-7-22-21(23-13-15(2)25-10-11-28-14-16(25)3)24-17(4)19-12-18(26-5)8-9-20(19)27-6/h8-9,12,15-17H,7,10-11,13-14H2,1-6H3,(H2,22,23,24). The quantitative estimate of drug-likeness (QED) is 0.523. The molecule has 0 amide bonds. The maximum absolute atomic E-state index is 5.54. The SMILES string of the molecule is CCNC(=NCC(C)N1CCOCC1C)NC(C)c1cc(OC)ccc1OC. The molecule has 0 bridgehead atoms. The zero-order chi connectivity index (χ0) is 20.5. The maximum Gasteiger partial charge on any atom is 0.191 e. The summed E-state index contributed by atoms with van der Waals surface area (Å²) in [4.78, 5) is 7.29. The van der Waals surface area contributed by atoms with Gasteiger partial charge >= 0.3 is 0 Å². The van der Waals surface area contributed by atoms with Crippen LogP contribution < -0.4 is 20.1 Å². The highest BCUT2D eigenvalue weighted by molar-refractivity contribution is 5.80. The molecular formula is C21H36N4O3. The van der Waals surface area contributed by atoms with Crippen molar-refractivity contribution >= 4 is 5.96 Å². The molecule has 3 atom stereocenters. The van der Waals surface area contributed by atoms with Crippen LogP contribution in [0.1, 0.15) is 39.3 Å². The molecule has 7 nitrogen and oxygen atoms in total. The number of hydrogen-bond acceptors (Lipinski definition) is 5. The van der Waals surface area contributed by atoms with Crippen LogP contribution in [0.15, 0.2) is 23.2 Å². The number of guanidine groups is 1. The Morgan fingerprint density at radius 2 is 2.11 bits per heavy atom. The number of nitrogens with one attached hydrogen (secondary N) is 2. The summed E-state index contributed by atoms with van der Waals surface area (Å²) >= 11 is 0. The molecule has 0 aliphatic carbocycles. The molecule has 1 aliphatic rings. The van der Waals surface area contributed by atoms with Crippen molar-refractivity contribution in [3.05, 3.63) is 23.8 Å². The highest BCUT2D eigenvalue weighted by Crippen LogP contribution is 2.29. The van der Waals surface area contributed by atoms with Crippen LogP contribution >= 0.6 is 0 Å². The average Bonchev–Trinajstić information content (AvgIpc) is 2.71. The van der Waals surface area contributed by atoms with Crippen LogP contribution in [0.4, 0.5) is 0 Å². The Bertz CT molecular complexity index is 638. The number of ether oxygens (including phenoxy) is 3. The number of nitrogens with zero attached hydrogens (tertiary/aromatic N) is 2. The molecule has 7 heteroatoms. The summed E-state index contributed by atoms with van der Waals surface area (Å²) < 4.78 is 16.4. The lowest BCUT2D eigenvalue weighted by molar-refractivity contribution is -0.0165. The number of benzene rings is 1. The van der Waals surface area contributed by atoms with Crippen molar-refractivity contribution in [2.75, 3.05) is 47.1 Å². The topological polar surface area (TPSA) is 67.4 Å². The smallest absolute Gasteiger partial charge is 0.191 e. The summed E-state index contributed by atoms with van der Waals surface area (Å²) in [5, 5.41) is 6.83. The van der Waals surface area contributed by atoms with Crippen molar-refractivity contribution in [2.24, 2.45) is 4.99 Å². The van der Waals surface area contributed by atoms with Crippen molar-refractivity contribution in [2.45, 2.75) is 45.8 Å². The minimum absolute atomic E-state index is 0.0143. The van der Waals surface area contributed by atoms with Gasteiger partial charge in [0, 0.05) is 30.7 Å². The van der Waals surface area contributed by atoms with Gasteiger partial charge in [-0.1, -0.05) is 0 Å². The number of aliphatic imine (C=N–C) groups is 1. The van der Waals surface area contributed by atoms with Crippen LogP contribution in [-0.4, -0.2) is 70.0 Å². The maximum atomic E-state index is 5.54. The molecule has 1 heterocycles. The van der Waals surface area contributed by atoms with Gasteiger partial charge in [0.1, 0.15) is 11.5 Å². The third-order valence-corrected chi connectivity index (χ3v) is 5.10. The molecule has 3 unspecified atom stereocenters. The summed E-state index contributed by atoms with van der Waals surface area (Å²) in [6.07, 6.45) is 0. The molecule has 158 valence electrons. The summed E-state index contributed by atoms with van der Waals surface area (Å²) in [5.41, 5.74) is 1.03. The van der Waals surface area contributed by atoms with Crippen LogP contribution in [0.3, 0.4) is 0 Å². The second kappa shape index (κ2) is 11.1. The van der Waals surface area contributed by atoms with Crippen LogP contribution in [0.2, 0.25) is 0 Å². The summed E-state index contributed by atoms with van der Waals surface area (Å²) in [5.74, 6) is 2.43. The third-order valence-electron chi connectivity index (χ3n) is 5.10. The van der Waals surface area contributed by atoms with E-state index >= 15 is 0 Å². The number of hydrogen-bond donors (Lipinski definition) is 2. The molecule has 0 aromatic heterocycles. The van der Waals surface area contributed by atoms with Gasteiger partial charge in [-0.2, -0.15) is 0 Å². The van der Waals surface area contributed by atoms with E-state index in [0.29, 0.717) is 12.1 Å². The Hall–Kier alpha value is -1.99. The average molecular weight is 393 g/mol. The highest BCUT2D eigenvalue weighted by Gasteiger charge is 2.23. The number of methoxy groups -OCH3 is 2. The molecule has 2 rings (SSSR count). The van der Waals surface area contributed by atoms with Crippen molar-refractivity contribution in [1.29, 1.82) is 0 Å². The summed E-state index contributed by atoms with van der Waals surface area (Å²) in [6, 6.07) is 6.63. The Labute approximate surface area is 169 Å². The van der Waals surface area contributed by atoms with Crippen molar-refractivity contribution in [3.63, 3.8) is 0 Å². The number of morpholine rings is 1. The lowest BCUT2D eigenvalue weighted by atomic mass is 10.1. The Morgan fingerprint density at radius 1 is 1.32 bits per heavy atom. The van der Waals surface area contributed by atoms with E-state index in [1.165, 1.54) is 0 Å². The number of rotatable bonds is 8. The summed E-state index contributed by atoms with van der Waals surface area (Å²) in [6.45, 7) is 12.7. The zero-order valence-electron chi connectivity index (χ0n) is 18.1. The first kappa shape index (κ1) is 22.3. The fraction of sp³-hybridized carbons (Fsp3) is 0.667. The van der Waals surface area contributed by atoms with Gasteiger partial charge in [0.2, 0.25) is 0 Å². The molecule has 1 saturated heterocycles. The first-order valence-corrected chi connectivity index (χ1v) is 10.1. The van der Waals surface area contributed by atoms with E-state index in [0.717, 1.165) is 55.9 Å². The largest absolute Gasteiger partial charge is 0.497 e. The predicted octanol–water partition coefficient (Wildman–Crippen LogP) is 2.43. The molecule has 28 heavy (non-hydrogen) atoms. The van der Waals surface area contributed by atoms with E-state index in [2.05, 4.69) is 43.2 Å². The van der Waals surface area contributed by atoms with Gasteiger partial charge in [-0.15, -0.1) is 0 Å². The molecule has 1 aromatic rings. The second-order valence-corrected chi connectivity index (χ2v) is 7.20. The van der Waals surface area contributed by atoms with Gasteiger partial charge in [0.25, 0.3) is 0 Å². The minimum Gasteiger partial charge on any atom is -0.497 e. The van der Waals surface area contributed by atoms with E-state index in [4.69, 9.17) is 19.2 Å². The first-order valence-electron chi connectivity index (χ1n) is 10.1. The summed E-state index contributed by atoms with van der Waals surface area (Å²) in [7, 11) is 3.35. The normalized spacial score (nSPS) is 20.4. The van der Waals surface area contributed by atoms with Crippen molar-refractivity contribution in [1.82, 2.24) is 15.5 Å². The molecule has 0 saturated carbocycles. The zero-order valence-corrected chi connectivity index (χ0v) is 18.1. The van der Waals surface area contributed by atoms with Crippen LogP contribution in [0.5, 0.6) is 11.5 Å². The Balaban J connectivity index is 2.07. The molecular weight excluding hydrogens is 356 g/mol. The molecule has 1 aliphatic heterocycles. The predicted molar refractivity (Wildman–Crippen MR) is 114 cm³/mol. The van der Waals surface area contributed by atoms with Gasteiger partial charge in [0.05, 0.1) is 40.0 Å². The molecule has 2 N–H and O–H groups in total.